The fourth-order valence-electron chi connectivity index (χ4n) is 2.58. The van der Waals surface area contributed by atoms with Crippen molar-refractivity contribution in [1.82, 2.24) is 10.2 Å². The number of carbonyl (C=O) groups is 2. The van der Waals surface area contributed by atoms with Crippen molar-refractivity contribution in [2.24, 2.45) is 0 Å². The third-order valence-electron chi connectivity index (χ3n) is 3.91. The van der Waals surface area contributed by atoms with Gasteiger partial charge < -0.3 is 10.2 Å². The van der Waals surface area contributed by atoms with E-state index in [4.69, 9.17) is 0 Å². The van der Waals surface area contributed by atoms with Crippen LogP contribution < -0.4 is 5.32 Å². The van der Waals surface area contributed by atoms with Crippen LogP contribution in [0.5, 0.6) is 0 Å². The normalized spacial score (nSPS) is 15.3. The molecular formula is C16H18F4N2O2. The highest BCUT2D eigenvalue weighted by atomic mass is 19.2. The van der Waals surface area contributed by atoms with Gasteiger partial charge in [-0.3, -0.25) is 9.59 Å². The molecular weight excluding hydrogens is 328 g/mol. The highest BCUT2D eigenvalue weighted by molar-refractivity contribution is 5.94. The number of carbonyl (C=O) groups excluding carboxylic acids is 2. The van der Waals surface area contributed by atoms with Gasteiger partial charge in [-0.1, -0.05) is 6.42 Å². The van der Waals surface area contributed by atoms with Crippen molar-refractivity contribution in [3.8, 4) is 0 Å². The summed E-state index contributed by atoms with van der Waals surface area (Å²) in [4.78, 5) is 25.3. The maximum absolute atomic E-state index is 13.5. The Balaban J connectivity index is 1.86. The molecule has 0 aromatic heterocycles. The minimum Gasteiger partial charge on any atom is -0.352 e. The summed E-state index contributed by atoms with van der Waals surface area (Å²) in [6.07, 6.45) is 3.72. The summed E-state index contributed by atoms with van der Waals surface area (Å²) in [5, 5.41) is 2.31. The number of benzene rings is 1. The predicted octanol–water partition coefficient (Wildman–Crippen LogP) is 2.77. The van der Waals surface area contributed by atoms with E-state index in [0.29, 0.717) is 32.0 Å². The summed E-state index contributed by atoms with van der Waals surface area (Å²) in [5.41, 5.74) is -0.891. The first-order valence-electron chi connectivity index (χ1n) is 7.80. The molecule has 2 amide bonds. The third kappa shape index (κ3) is 4.24. The molecule has 0 radical (unpaired) electrons. The van der Waals surface area contributed by atoms with E-state index in [1.807, 2.05) is 0 Å². The highest BCUT2D eigenvalue weighted by Crippen LogP contribution is 2.18. The van der Waals surface area contributed by atoms with Crippen LogP contribution in [0, 0.1) is 23.3 Å². The Bertz CT molecular complexity index is 637. The summed E-state index contributed by atoms with van der Waals surface area (Å²) < 4.78 is 52.6. The lowest BCUT2D eigenvalue weighted by molar-refractivity contribution is -0.130. The standard InChI is InChI=1S/C16H18F4N2O2/c17-11-9-10(13(18)15(20)14(11)19)16(24)21-6-4-8-22-7-3-1-2-5-12(22)23/h9H,1-8H2,(H,21,24). The maximum Gasteiger partial charge on any atom is 0.254 e. The van der Waals surface area contributed by atoms with Crippen molar-refractivity contribution < 1.29 is 27.2 Å². The van der Waals surface area contributed by atoms with Gasteiger partial charge in [0.15, 0.2) is 23.3 Å². The lowest BCUT2D eigenvalue weighted by Crippen LogP contribution is -2.34. The van der Waals surface area contributed by atoms with E-state index in [1.165, 1.54) is 0 Å². The predicted molar refractivity (Wildman–Crippen MR) is 78.3 cm³/mol. The average molecular weight is 346 g/mol. The number of hydrogen-bond donors (Lipinski definition) is 1. The van der Waals surface area contributed by atoms with Gasteiger partial charge in [0.25, 0.3) is 5.91 Å². The molecule has 24 heavy (non-hydrogen) atoms. The molecule has 0 spiro atoms. The summed E-state index contributed by atoms with van der Waals surface area (Å²) in [5.74, 6) is -8.30. The van der Waals surface area contributed by atoms with Gasteiger partial charge in [-0.25, -0.2) is 17.6 Å². The summed E-state index contributed by atoms with van der Waals surface area (Å²) in [6.45, 7) is 1.20. The molecule has 0 unspecified atom stereocenters. The van der Waals surface area contributed by atoms with E-state index < -0.39 is 34.7 Å². The number of halogens is 4. The number of likely N-dealkylation sites (tertiary alicyclic amines) is 1. The number of hydrogen-bond acceptors (Lipinski definition) is 2. The quantitative estimate of drug-likeness (QED) is 0.386. The van der Waals surface area contributed by atoms with Gasteiger partial charge in [0, 0.05) is 26.1 Å². The zero-order chi connectivity index (χ0) is 17.7. The largest absolute Gasteiger partial charge is 0.352 e. The Morgan fingerprint density at radius 3 is 2.58 bits per heavy atom. The first kappa shape index (κ1) is 18.2. The molecule has 1 saturated heterocycles. The van der Waals surface area contributed by atoms with E-state index in [0.717, 1.165) is 19.3 Å². The van der Waals surface area contributed by atoms with Crippen molar-refractivity contribution in [2.75, 3.05) is 19.6 Å². The number of amides is 2. The van der Waals surface area contributed by atoms with Crippen LogP contribution in [0.3, 0.4) is 0 Å². The van der Waals surface area contributed by atoms with E-state index in [9.17, 15) is 27.2 Å². The Hall–Kier alpha value is -2.12. The van der Waals surface area contributed by atoms with Gasteiger partial charge in [-0.2, -0.15) is 0 Å². The van der Waals surface area contributed by atoms with E-state index >= 15 is 0 Å². The SMILES string of the molecule is O=C(NCCCN1CCCCCC1=O)c1cc(F)c(F)c(F)c1F. The molecule has 1 fully saturated rings. The second-order valence-corrected chi connectivity index (χ2v) is 5.65. The van der Waals surface area contributed by atoms with E-state index in [-0.39, 0.29) is 12.5 Å². The van der Waals surface area contributed by atoms with Crippen LogP contribution in [0.1, 0.15) is 42.5 Å². The molecule has 0 bridgehead atoms. The van der Waals surface area contributed by atoms with Crippen LogP contribution in [-0.4, -0.2) is 36.3 Å². The number of nitrogens with one attached hydrogen (secondary N) is 1. The smallest absolute Gasteiger partial charge is 0.254 e. The molecule has 132 valence electrons. The minimum atomic E-state index is -2.02. The van der Waals surface area contributed by atoms with Crippen molar-refractivity contribution in [1.29, 1.82) is 0 Å². The van der Waals surface area contributed by atoms with Crippen molar-refractivity contribution in [2.45, 2.75) is 32.1 Å². The molecule has 0 atom stereocenters. The highest BCUT2D eigenvalue weighted by Gasteiger charge is 2.23. The Morgan fingerprint density at radius 2 is 1.83 bits per heavy atom. The van der Waals surface area contributed by atoms with E-state index in [2.05, 4.69) is 5.32 Å². The Morgan fingerprint density at radius 1 is 1.08 bits per heavy atom. The Kier molecular flexibility index (Phi) is 6.16. The zero-order valence-corrected chi connectivity index (χ0v) is 13.0. The first-order chi connectivity index (χ1) is 11.4. The van der Waals surface area contributed by atoms with Crippen LogP contribution in [0.25, 0.3) is 0 Å². The molecule has 2 rings (SSSR count). The number of rotatable bonds is 5. The zero-order valence-electron chi connectivity index (χ0n) is 13.0. The Labute approximate surface area is 136 Å². The van der Waals surface area contributed by atoms with Crippen LogP contribution >= 0.6 is 0 Å². The van der Waals surface area contributed by atoms with Gasteiger partial charge in [-0.05, 0) is 25.3 Å². The molecule has 1 aromatic rings. The fourth-order valence-corrected chi connectivity index (χ4v) is 2.58. The molecule has 1 aliphatic heterocycles. The van der Waals surface area contributed by atoms with Gasteiger partial charge in [0.2, 0.25) is 5.91 Å². The van der Waals surface area contributed by atoms with Gasteiger partial charge >= 0.3 is 0 Å². The summed E-state index contributed by atoms with van der Waals surface area (Å²) in [7, 11) is 0. The molecule has 1 aromatic carbocycles. The first-order valence-corrected chi connectivity index (χ1v) is 7.80. The summed E-state index contributed by atoms with van der Waals surface area (Å²) >= 11 is 0. The molecule has 1 heterocycles. The lowest BCUT2D eigenvalue weighted by Gasteiger charge is -2.20. The number of nitrogens with zero attached hydrogens (tertiary/aromatic N) is 1. The molecule has 4 nitrogen and oxygen atoms in total. The molecule has 0 saturated carbocycles. The monoisotopic (exact) mass is 346 g/mol. The average Bonchev–Trinajstić information content (AvgIpc) is 2.77. The van der Waals surface area contributed by atoms with Gasteiger partial charge in [-0.15, -0.1) is 0 Å². The molecule has 0 aliphatic carbocycles. The molecule has 1 aliphatic rings. The van der Waals surface area contributed by atoms with Gasteiger partial charge in [0.05, 0.1) is 5.56 Å². The topological polar surface area (TPSA) is 49.4 Å². The van der Waals surface area contributed by atoms with Gasteiger partial charge in [0.1, 0.15) is 0 Å². The third-order valence-corrected chi connectivity index (χ3v) is 3.91. The maximum atomic E-state index is 13.5. The van der Waals surface area contributed by atoms with Crippen molar-refractivity contribution in [3.05, 3.63) is 34.9 Å². The second kappa shape index (κ2) is 8.12. The lowest BCUT2D eigenvalue weighted by atomic mass is 10.1. The molecule has 1 N–H and O–H groups in total. The minimum absolute atomic E-state index is 0.0625. The van der Waals surface area contributed by atoms with Crippen LogP contribution in [-0.2, 0) is 4.79 Å². The van der Waals surface area contributed by atoms with Crippen LogP contribution in [0.15, 0.2) is 6.07 Å². The van der Waals surface area contributed by atoms with Crippen LogP contribution in [0.4, 0.5) is 17.6 Å². The van der Waals surface area contributed by atoms with Crippen LogP contribution in [0.2, 0.25) is 0 Å². The van der Waals surface area contributed by atoms with Crippen molar-refractivity contribution in [3.63, 3.8) is 0 Å². The van der Waals surface area contributed by atoms with E-state index in [1.54, 1.807) is 4.90 Å². The van der Waals surface area contributed by atoms with Crippen molar-refractivity contribution >= 4 is 11.8 Å². The second-order valence-electron chi connectivity index (χ2n) is 5.65. The fraction of sp³-hybridized carbons (Fsp3) is 0.500. The summed E-state index contributed by atoms with van der Waals surface area (Å²) in [6, 6.07) is 0.321. The molecule has 8 heteroatoms.